The molecule has 1 heterocycles. The molecule has 1 rings (SSSR count). The van der Waals surface area contributed by atoms with E-state index in [4.69, 9.17) is 4.74 Å². The lowest BCUT2D eigenvalue weighted by Gasteiger charge is -2.05. The number of ether oxygens (including phenoxy) is 1. The van der Waals surface area contributed by atoms with Crippen molar-refractivity contribution in [1.29, 1.82) is 0 Å². The molecule has 1 aromatic rings. The zero-order chi connectivity index (χ0) is 14.4. The van der Waals surface area contributed by atoms with Gasteiger partial charge in [-0.2, -0.15) is 0 Å². The zero-order valence-electron chi connectivity index (χ0n) is 11.4. The number of hydrogen-bond acceptors (Lipinski definition) is 4. The maximum Gasteiger partial charge on any atom is 0.339 e. The van der Waals surface area contributed by atoms with Gasteiger partial charge >= 0.3 is 5.97 Å². The van der Waals surface area contributed by atoms with Gasteiger partial charge < -0.3 is 15.2 Å². The summed E-state index contributed by atoms with van der Waals surface area (Å²) in [5.74, 6) is -1.33. The normalized spacial score (nSPS) is 10.5. The molecule has 0 unspecified atom stereocenters. The number of aryl methyl sites for hydroxylation is 1. The summed E-state index contributed by atoms with van der Waals surface area (Å²) in [5, 5.41) is 12.3. The van der Waals surface area contributed by atoms with Crippen LogP contribution in [-0.4, -0.2) is 30.2 Å². The van der Waals surface area contributed by atoms with Gasteiger partial charge in [0.15, 0.2) is 0 Å². The minimum absolute atomic E-state index is 0.0503. The van der Waals surface area contributed by atoms with Crippen LogP contribution in [0.3, 0.4) is 0 Å². The average Bonchev–Trinajstić information content (AvgIpc) is 2.65. The fourth-order valence-electron chi connectivity index (χ4n) is 1.79. The highest BCUT2D eigenvalue weighted by Gasteiger charge is 2.21. The number of carbonyl (C=O) groups is 2. The van der Waals surface area contributed by atoms with Gasteiger partial charge in [-0.25, -0.2) is 4.79 Å². The summed E-state index contributed by atoms with van der Waals surface area (Å²) >= 11 is 1.29. The first-order chi connectivity index (χ1) is 9.01. The summed E-state index contributed by atoms with van der Waals surface area (Å²) in [7, 11) is 0. The third kappa shape index (κ3) is 4.04. The molecular weight excluding hydrogens is 266 g/mol. The van der Waals surface area contributed by atoms with Crippen molar-refractivity contribution in [1.82, 2.24) is 0 Å². The molecule has 0 aliphatic heterocycles. The molecule has 0 spiro atoms. The standard InChI is InChI=1S/C13H19NO4S/c1-4-6-18-7-10(15)14-12-11(13(16)17)9(5-2)8(3)19-12/h4-7H2,1-3H3,(H,14,15)(H,16,17). The van der Waals surface area contributed by atoms with E-state index < -0.39 is 5.97 Å². The molecule has 19 heavy (non-hydrogen) atoms. The molecule has 0 aliphatic carbocycles. The number of carboxylic acid groups (broad SMARTS) is 1. The number of nitrogens with one attached hydrogen (secondary N) is 1. The predicted octanol–water partition coefficient (Wildman–Crippen LogP) is 2.68. The molecule has 106 valence electrons. The third-order valence-electron chi connectivity index (χ3n) is 2.61. The van der Waals surface area contributed by atoms with E-state index in [0.29, 0.717) is 18.0 Å². The summed E-state index contributed by atoms with van der Waals surface area (Å²) in [5.41, 5.74) is 0.983. The smallest absolute Gasteiger partial charge is 0.339 e. The van der Waals surface area contributed by atoms with Crippen molar-refractivity contribution in [3.63, 3.8) is 0 Å². The number of aromatic carboxylic acids is 1. The van der Waals surface area contributed by atoms with Gasteiger partial charge in [-0.1, -0.05) is 13.8 Å². The number of carbonyl (C=O) groups excluding carboxylic acids is 1. The average molecular weight is 285 g/mol. The third-order valence-corrected chi connectivity index (χ3v) is 3.67. The summed E-state index contributed by atoms with van der Waals surface area (Å²) in [6.07, 6.45) is 1.47. The Labute approximate surface area is 116 Å². The highest BCUT2D eigenvalue weighted by atomic mass is 32.1. The van der Waals surface area contributed by atoms with Crippen molar-refractivity contribution in [2.45, 2.75) is 33.6 Å². The molecule has 1 aromatic heterocycles. The van der Waals surface area contributed by atoms with Crippen LogP contribution in [0.2, 0.25) is 0 Å². The van der Waals surface area contributed by atoms with Gasteiger partial charge in [-0.3, -0.25) is 4.79 Å². The Kier molecular flexibility index (Phi) is 5.98. The van der Waals surface area contributed by atoms with Crippen molar-refractivity contribution in [2.24, 2.45) is 0 Å². The van der Waals surface area contributed by atoms with E-state index in [0.717, 1.165) is 16.9 Å². The van der Waals surface area contributed by atoms with Gasteiger partial charge in [0.05, 0.1) is 5.56 Å². The Morgan fingerprint density at radius 1 is 1.37 bits per heavy atom. The second-order valence-corrected chi connectivity index (χ2v) is 5.33. The van der Waals surface area contributed by atoms with E-state index in [1.54, 1.807) is 0 Å². The van der Waals surface area contributed by atoms with Gasteiger partial charge in [0.1, 0.15) is 11.6 Å². The molecular formula is C13H19NO4S. The lowest BCUT2D eigenvalue weighted by atomic mass is 10.1. The van der Waals surface area contributed by atoms with Gasteiger partial charge in [0, 0.05) is 11.5 Å². The molecule has 1 amide bonds. The van der Waals surface area contributed by atoms with Gasteiger partial charge in [-0.05, 0) is 25.3 Å². The van der Waals surface area contributed by atoms with Crippen molar-refractivity contribution >= 4 is 28.2 Å². The fourth-order valence-corrected chi connectivity index (χ4v) is 2.94. The van der Waals surface area contributed by atoms with Crippen molar-refractivity contribution in [2.75, 3.05) is 18.5 Å². The molecule has 6 heteroatoms. The van der Waals surface area contributed by atoms with Crippen LogP contribution in [0, 0.1) is 6.92 Å². The van der Waals surface area contributed by atoms with Crippen LogP contribution in [0.25, 0.3) is 0 Å². The first kappa shape index (κ1) is 15.7. The molecule has 0 fully saturated rings. The molecule has 0 atom stereocenters. The second-order valence-electron chi connectivity index (χ2n) is 4.10. The van der Waals surface area contributed by atoms with Crippen molar-refractivity contribution in [3.05, 3.63) is 16.0 Å². The van der Waals surface area contributed by atoms with Gasteiger partial charge in [-0.15, -0.1) is 11.3 Å². The Bertz CT molecular complexity index is 467. The molecule has 0 aliphatic rings. The maximum atomic E-state index is 11.6. The van der Waals surface area contributed by atoms with Crippen LogP contribution in [0.1, 0.15) is 41.1 Å². The summed E-state index contributed by atoms with van der Waals surface area (Å²) < 4.78 is 5.13. The first-order valence-corrected chi connectivity index (χ1v) is 7.06. The second kappa shape index (κ2) is 7.25. The van der Waals surface area contributed by atoms with Crippen LogP contribution < -0.4 is 5.32 Å². The largest absolute Gasteiger partial charge is 0.478 e. The van der Waals surface area contributed by atoms with Gasteiger partial charge in [0.2, 0.25) is 0 Å². The first-order valence-electron chi connectivity index (χ1n) is 6.24. The van der Waals surface area contributed by atoms with Crippen LogP contribution in [0.4, 0.5) is 5.00 Å². The van der Waals surface area contributed by atoms with Crippen molar-refractivity contribution < 1.29 is 19.4 Å². The van der Waals surface area contributed by atoms with Crippen LogP contribution >= 0.6 is 11.3 Å². The number of thiophene rings is 1. The fraction of sp³-hybridized carbons (Fsp3) is 0.538. The topological polar surface area (TPSA) is 75.6 Å². The quantitative estimate of drug-likeness (QED) is 0.755. The molecule has 0 aromatic carbocycles. The minimum Gasteiger partial charge on any atom is -0.478 e. The predicted molar refractivity (Wildman–Crippen MR) is 75.1 cm³/mol. The molecule has 0 bridgehead atoms. The summed E-state index contributed by atoms with van der Waals surface area (Å²) in [6.45, 7) is 6.18. The molecule has 0 radical (unpaired) electrons. The maximum absolute atomic E-state index is 11.6. The number of hydrogen-bond donors (Lipinski definition) is 2. The van der Waals surface area contributed by atoms with E-state index in [-0.39, 0.29) is 18.1 Å². The van der Waals surface area contributed by atoms with E-state index >= 15 is 0 Å². The molecule has 2 N–H and O–H groups in total. The number of carboxylic acids is 1. The number of rotatable bonds is 7. The van der Waals surface area contributed by atoms with E-state index in [2.05, 4.69) is 5.32 Å². The Morgan fingerprint density at radius 3 is 2.58 bits per heavy atom. The van der Waals surface area contributed by atoms with Crippen LogP contribution in [0.15, 0.2) is 0 Å². The minimum atomic E-state index is -1.01. The van der Waals surface area contributed by atoms with Gasteiger partial charge in [0.25, 0.3) is 5.91 Å². The van der Waals surface area contributed by atoms with E-state index in [1.807, 2.05) is 20.8 Å². The van der Waals surface area contributed by atoms with Crippen LogP contribution in [-0.2, 0) is 16.0 Å². The van der Waals surface area contributed by atoms with E-state index in [9.17, 15) is 14.7 Å². The van der Waals surface area contributed by atoms with Crippen LogP contribution in [0.5, 0.6) is 0 Å². The summed E-state index contributed by atoms with van der Waals surface area (Å²) in [6, 6.07) is 0. The van der Waals surface area contributed by atoms with Crippen molar-refractivity contribution in [3.8, 4) is 0 Å². The summed E-state index contributed by atoms with van der Waals surface area (Å²) in [4.78, 5) is 23.9. The lowest BCUT2D eigenvalue weighted by molar-refractivity contribution is -0.120. The zero-order valence-corrected chi connectivity index (χ0v) is 12.2. The lowest BCUT2D eigenvalue weighted by Crippen LogP contribution is -2.19. The molecule has 0 saturated heterocycles. The monoisotopic (exact) mass is 285 g/mol. The highest BCUT2D eigenvalue weighted by Crippen LogP contribution is 2.33. The SMILES string of the molecule is CCCOCC(=O)Nc1sc(C)c(CC)c1C(=O)O. The molecule has 5 nitrogen and oxygen atoms in total. The number of amides is 1. The Balaban J connectivity index is 2.83. The molecule has 0 saturated carbocycles. The van der Waals surface area contributed by atoms with E-state index in [1.165, 1.54) is 11.3 Å². The Hall–Kier alpha value is -1.40. The Morgan fingerprint density at radius 2 is 2.05 bits per heavy atom. The number of anilines is 1. The highest BCUT2D eigenvalue weighted by molar-refractivity contribution is 7.16.